The molecule has 1 atom stereocenters. The Kier molecular flexibility index (Phi) is 5.46. The first-order valence-corrected chi connectivity index (χ1v) is 7.78. The fraction of sp³-hybridized carbons (Fsp3) is 1.00. The van der Waals surface area contributed by atoms with Gasteiger partial charge >= 0.3 is 0 Å². The molecule has 1 saturated heterocycles. The number of nitrogens with zero attached hydrogens (tertiary/aromatic N) is 2. The van der Waals surface area contributed by atoms with Gasteiger partial charge in [-0.3, -0.25) is 0 Å². The molecule has 0 bridgehead atoms. The Labute approximate surface area is 113 Å². The first-order chi connectivity index (χ1) is 8.65. The summed E-state index contributed by atoms with van der Waals surface area (Å²) in [7, 11) is 2.29. The van der Waals surface area contributed by atoms with E-state index in [0.29, 0.717) is 0 Å². The third-order valence-corrected chi connectivity index (χ3v) is 4.29. The van der Waals surface area contributed by atoms with Crippen LogP contribution in [0.4, 0.5) is 0 Å². The molecule has 0 radical (unpaired) electrons. The number of likely N-dealkylation sites (N-methyl/N-ethyl adjacent to an activating group) is 1. The molecular weight excluding hydrogens is 222 g/mol. The average Bonchev–Trinajstić information content (AvgIpc) is 3.08. The molecule has 18 heavy (non-hydrogen) atoms. The maximum absolute atomic E-state index is 3.60. The minimum absolute atomic E-state index is 0.773. The van der Waals surface area contributed by atoms with Crippen molar-refractivity contribution in [3.8, 4) is 0 Å². The van der Waals surface area contributed by atoms with Gasteiger partial charge in [-0.15, -0.1) is 0 Å². The zero-order chi connectivity index (χ0) is 13.0. The standard InChI is InChI=1S/C15H31N3/c1-13(2)10-16-11-14-6-7-18(12-14)9-8-17(3)15-4-5-15/h13-16H,4-12H2,1-3H3. The molecule has 2 rings (SSSR count). The van der Waals surface area contributed by atoms with Gasteiger partial charge in [0.05, 0.1) is 0 Å². The second-order valence-corrected chi connectivity index (χ2v) is 6.72. The summed E-state index contributed by atoms with van der Waals surface area (Å²) in [5.74, 6) is 1.66. The van der Waals surface area contributed by atoms with Crippen LogP contribution in [0.5, 0.6) is 0 Å². The van der Waals surface area contributed by atoms with Gasteiger partial charge in [-0.1, -0.05) is 13.8 Å². The van der Waals surface area contributed by atoms with Gasteiger partial charge < -0.3 is 15.1 Å². The smallest absolute Gasteiger partial charge is 0.0109 e. The highest BCUT2D eigenvalue weighted by molar-refractivity contribution is 4.84. The Balaban J connectivity index is 1.53. The van der Waals surface area contributed by atoms with Crippen molar-refractivity contribution in [3.63, 3.8) is 0 Å². The lowest BCUT2D eigenvalue weighted by Gasteiger charge is -2.21. The maximum Gasteiger partial charge on any atom is 0.0109 e. The Morgan fingerprint density at radius 3 is 2.72 bits per heavy atom. The van der Waals surface area contributed by atoms with Gasteiger partial charge in [-0.25, -0.2) is 0 Å². The SMILES string of the molecule is CC(C)CNCC1CCN(CCN(C)C2CC2)C1. The average molecular weight is 253 g/mol. The highest BCUT2D eigenvalue weighted by Gasteiger charge is 2.27. The summed E-state index contributed by atoms with van der Waals surface area (Å²) >= 11 is 0. The first kappa shape index (κ1) is 14.3. The first-order valence-electron chi connectivity index (χ1n) is 7.78. The predicted octanol–water partition coefficient (Wildman–Crippen LogP) is 1.65. The summed E-state index contributed by atoms with van der Waals surface area (Å²) < 4.78 is 0. The van der Waals surface area contributed by atoms with E-state index in [-0.39, 0.29) is 0 Å². The van der Waals surface area contributed by atoms with E-state index in [9.17, 15) is 0 Å². The van der Waals surface area contributed by atoms with Crippen LogP contribution >= 0.6 is 0 Å². The number of hydrogen-bond donors (Lipinski definition) is 1. The number of rotatable bonds is 8. The molecule has 0 aromatic rings. The van der Waals surface area contributed by atoms with Gasteiger partial charge in [0.25, 0.3) is 0 Å². The minimum atomic E-state index is 0.773. The van der Waals surface area contributed by atoms with Crippen molar-refractivity contribution in [2.45, 2.75) is 39.2 Å². The van der Waals surface area contributed by atoms with Crippen molar-refractivity contribution >= 4 is 0 Å². The summed E-state index contributed by atoms with van der Waals surface area (Å²) in [6, 6.07) is 0.913. The molecule has 0 aromatic carbocycles. The molecule has 1 heterocycles. The molecule has 1 N–H and O–H groups in total. The predicted molar refractivity (Wildman–Crippen MR) is 77.9 cm³/mol. The molecule has 106 valence electrons. The molecule has 0 amide bonds. The summed E-state index contributed by atoms with van der Waals surface area (Å²) in [4.78, 5) is 5.20. The van der Waals surface area contributed by atoms with Crippen molar-refractivity contribution in [2.75, 3.05) is 46.3 Å². The van der Waals surface area contributed by atoms with Crippen molar-refractivity contribution in [1.82, 2.24) is 15.1 Å². The van der Waals surface area contributed by atoms with Crippen molar-refractivity contribution in [3.05, 3.63) is 0 Å². The molecule has 1 aliphatic heterocycles. The van der Waals surface area contributed by atoms with Crippen molar-refractivity contribution < 1.29 is 0 Å². The zero-order valence-electron chi connectivity index (χ0n) is 12.5. The molecular formula is C15H31N3. The van der Waals surface area contributed by atoms with Crippen LogP contribution in [0.3, 0.4) is 0 Å². The summed E-state index contributed by atoms with van der Waals surface area (Å²) in [5.41, 5.74) is 0. The van der Waals surface area contributed by atoms with Gasteiger partial charge in [-0.05, 0) is 57.8 Å². The highest BCUT2D eigenvalue weighted by Crippen LogP contribution is 2.25. The van der Waals surface area contributed by atoms with E-state index in [1.807, 2.05) is 0 Å². The Morgan fingerprint density at radius 2 is 2.06 bits per heavy atom. The molecule has 1 unspecified atom stereocenters. The van der Waals surface area contributed by atoms with E-state index in [4.69, 9.17) is 0 Å². The van der Waals surface area contributed by atoms with Crippen LogP contribution in [-0.2, 0) is 0 Å². The fourth-order valence-corrected chi connectivity index (χ4v) is 2.86. The normalized spacial score (nSPS) is 25.5. The Morgan fingerprint density at radius 1 is 1.28 bits per heavy atom. The van der Waals surface area contributed by atoms with Crippen LogP contribution in [0.15, 0.2) is 0 Å². The lowest BCUT2D eigenvalue weighted by atomic mass is 10.1. The minimum Gasteiger partial charge on any atom is -0.316 e. The molecule has 2 fully saturated rings. The third-order valence-electron chi connectivity index (χ3n) is 4.29. The van der Waals surface area contributed by atoms with Crippen molar-refractivity contribution in [2.24, 2.45) is 11.8 Å². The molecule has 2 aliphatic rings. The topological polar surface area (TPSA) is 18.5 Å². The van der Waals surface area contributed by atoms with Crippen molar-refractivity contribution in [1.29, 1.82) is 0 Å². The molecule has 1 aliphatic carbocycles. The van der Waals surface area contributed by atoms with Gasteiger partial charge in [0.15, 0.2) is 0 Å². The monoisotopic (exact) mass is 253 g/mol. The van der Waals surface area contributed by atoms with Gasteiger partial charge in [0.1, 0.15) is 0 Å². The van der Waals surface area contributed by atoms with Crippen LogP contribution in [0, 0.1) is 11.8 Å². The third kappa shape index (κ3) is 4.87. The summed E-state index contributed by atoms with van der Waals surface area (Å²) in [6.45, 7) is 12.1. The maximum atomic E-state index is 3.60. The van der Waals surface area contributed by atoms with E-state index in [0.717, 1.165) is 17.9 Å². The second-order valence-electron chi connectivity index (χ2n) is 6.72. The molecule has 3 nitrogen and oxygen atoms in total. The van der Waals surface area contributed by atoms with E-state index in [2.05, 4.69) is 36.0 Å². The largest absolute Gasteiger partial charge is 0.316 e. The van der Waals surface area contributed by atoms with Crippen LogP contribution in [0.25, 0.3) is 0 Å². The molecule has 0 spiro atoms. The van der Waals surface area contributed by atoms with Gasteiger partial charge in [0, 0.05) is 25.7 Å². The van der Waals surface area contributed by atoms with E-state index in [1.54, 1.807) is 0 Å². The quantitative estimate of drug-likeness (QED) is 0.709. The van der Waals surface area contributed by atoms with Crippen LogP contribution in [0.2, 0.25) is 0 Å². The Bertz CT molecular complexity index is 238. The van der Waals surface area contributed by atoms with Crippen LogP contribution < -0.4 is 5.32 Å². The number of likely N-dealkylation sites (tertiary alicyclic amines) is 1. The zero-order valence-corrected chi connectivity index (χ0v) is 12.5. The van der Waals surface area contributed by atoms with E-state index >= 15 is 0 Å². The highest BCUT2D eigenvalue weighted by atomic mass is 15.2. The van der Waals surface area contributed by atoms with Gasteiger partial charge in [-0.2, -0.15) is 0 Å². The van der Waals surface area contributed by atoms with E-state index in [1.165, 1.54) is 58.5 Å². The summed E-state index contributed by atoms with van der Waals surface area (Å²) in [5, 5.41) is 3.60. The lowest BCUT2D eigenvalue weighted by molar-refractivity contribution is 0.245. The molecule has 0 aromatic heterocycles. The second kappa shape index (κ2) is 6.88. The number of hydrogen-bond acceptors (Lipinski definition) is 3. The fourth-order valence-electron chi connectivity index (χ4n) is 2.86. The molecule has 1 saturated carbocycles. The Hall–Kier alpha value is -0.120. The van der Waals surface area contributed by atoms with Crippen LogP contribution in [-0.4, -0.2) is 62.2 Å². The lowest BCUT2D eigenvalue weighted by Crippen LogP contribution is -2.34. The van der Waals surface area contributed by atoms with Crippen LogP contribution in [0.1, 0.15) is 33.1 Å². The van der Waals surface area contributed by atoms with E-state index < -0.39 is 0 Å². The number of nitrogens with one attached hydrogen (secondary N) is 1. The summed E-state index contributed by atoms with van der Waals surface area (Å²) in [6.07, 6.45) is 4.24. The van der Waals surface area contributed by atoms with Gasteiger partial charge in [0.2, 0.25) is 0 Å². The molecule has 3 heteroatoms.